The topological polar surface area (TPSA) is 116 Å². The summed E-state index contributed by atoms with van der Waals surface area (Å²) >= 11 is 0. The van der Waals surface area contributed by atoms with Crippen molar-refractivity contribution in [1.82, 2.24) is 0 Å². The standard InChI is InChI=1S/C21H34O7/c1-3-4-5-9-12-27-13-14-28-18(22)15-21(20(25)26,16(2)19(23)24)17-10-7-6-8-11-17/h17H,2-15H2,1H3,(H,23,24)(H,25,26)/p-2. The predicted molar refractivity (Wildman–Crippen MR) is 98.7 cm³/mol. The Morgan fingerprint density at radius 3 is 2.25 bits per heavy atom. The number of hydrogen-bond acceptors (Lipinski definition) is 7. The first-order chi connectivity index (χ1) is 13.4. The van der Waals surface area contributed by atoms with E-state index in [9.17, 15) is 24.6 Å². The van der Waals surface area contributed by atoms with Crippen LogP contribution in [0.15, 0.2) is 12.2 Å². The lowest BCUT2D eigenvalue weighted by Gasteiger charge is -2.44. The Balaban J connectivity index is 2.65. The zero-order valence-electron chi connectivity index (χ0n) is 16.8. The van der Waals surface area contributed by atoms with Crippen LogP contribution in [-0.2, 0) is 23.9 Å². The molecule has 1 saturated carbocycles. The van der Waals surface area contributed by atoms with Crippen molar-refractivity contribution in [3.05, 3.63) is 12.2 Å². The monoisotopic (exact) mass is 396 g/mol. The van der Waals surface area contributed by atoms with E-state index in [-0.39, 0.29) is 13.2 Å². The maximum Gasteiger partial charge on any atom is 0.307 e. The van der Waals surface area contributed by atoms with Gasteiger partial charge in [-0.1, -0.05) is 52.0 Å². The normalized spacial score (nSPS) is 16.9. The van der Waals surface area contributed by atoms with Gasteiger partial charge in [0.2, 0.25) is 0 Å². The van der Waals surface area contributed by atoms with Crippen LogP contribution in [0.3, 0.4) is 0 Å². The van der Waals surface area contributed by atoms with E-state index >= 15 is 0 Å². The highest BCUT2D eigenvalue weighted by atomic mass is 16.6. The van der Waals surface area contributed by atoms with Crippen LogP contribution >= 0.6 is 0 Å². The quantitative estimate of drug-likeness (QED) is 0.245. The summed E-state index contributed by atoms with van der Waals surface area (Å²) in [4.78, 5) is 35.7. The van der Waals surface area contributed by atoms with E-state index in [0.717, 1.165) is 44.9 Å². The lowest BCUT2D eigenvalue weighted by molar-refractivity contribution is -0.325. The third-order valence-corrected chi connectivity index (χ3v) is 5.51. The van der Waals surface area contributed by atoms with E-state index in [4.69, 9.17) is 9.47 Å². The first kappa shape index (κ1) is 24.1. The van der Waals surface area contributed by atoms with Gasteiger partial charge in [-0.15, -0.1) is 0 Å². The fourth-order valence-corrected chi connectivity index (χ4v) is 3.86. The van der Waals surface area contributed by atoms with E-state index in [1.165, 1.54) is 0 Å². The molecule has 0 bridgehead atoms. The average molecular weight is 396 g/mol. The molecule has 1 atom stereocenters. The van der Waals surface area contributed by atoms with Crippen molar-refractivity contribution in [3.63, 3.8) is 0 Å². The molecule has 0 aromatic carbocycles. The van der Waals surface area contributed by atoms with Gasteiger partial charge in [-0.2, -0.15) is 0 Å². The van der Waals surface area contributed by atoms with E-state index in [2.05, 4.69) is 13.5 Å². The van der Waals surface area contributed by atoms with Gasteiger partial charge in [0.1, 0.15) is 6.61 Å². The summed E-state index contributed by atoms with van der Waals surface area (Å²) in [6.45, 7) is 6.29. The zero-order chi connectivity index (χ0) is 21.0. The number of carboxylic acid groups (broad SMARTS) is 2. The molecule has 1 rings (SSSR count). The number of carbonyl (C=O) groups excluding carboxylic acids is 3. The Bertz CT molecular complexity index is 537. The lowest BCUT2D eigenvalue weighted by Crippen LogP contribution is -2.53. The van der Waals surface area contributed by atoms with Crippen LogP contribution in [0, 0.1) is 11.3 Å². The van der Waals surface area contributed by atoms with Crippen molar-refractivity contribution >= 4 is 17.9 Å². The predicted octanol–water partition coefficient (Wildman–Crippen LogP) is 1.14. The highest BCUT2D eigenvalue weighted by Gasteiger charge is 2.45. The molecule has 160 valence electrons. The van der Waals surface area contributed by atoms with Crippen molar-refractivity contribution in [1.29, 1.82) is 0 Å². The van der Waals surface area contributed by atoms with Gasteiger partial charge < -0.3 is 29.3 Å². The highest BCUT2D eigenvalue weighted by Crippen LogP contribution is 2.45. The number of ether oxygens (including phenoxy) is 2. The van der Waals surface area contributed by atoms with E-state index in [1.54, 1.807) is 0 Å². The van der Waals surface area contributed by atoms with Crippen LogP contribution in [0.4, 0.5) is 0 Å². The maximum atomic E-state index is 12.3. The Hall–Kier alpha value is -1.89. The Morgan fingerprint density at radius 1 is 1.00 bits per heavy atom. The molecule has 1 aliphatic rings. The molecule has 7 heteroatoms. The molecule has 0 spiro atoms. The summed E-state index contributed by atoms with van der Waals surface area (Å²) in [7, 11) is 0. The lowest BCUT2D eigenvalue weighted by atomic mass is 9.63. The molecule has 0 aromatic rings. The molecular weight excluding hydrogens is 364 g/mol. The number of carboxylic acids is 2. The van der Waals surface area contributed by atoms with Crippen molar-refractivity contribution in [2.24, 2.45) is 11.3 Å². The summed E-state index contributed by atoms with van der Waals surface area (Å²) in [5.41, 5.74) is -2.62. The Kier molecular flexibility index (Phi) is 10.8. The number of hydrogen-bond donors (Lipinski definition) is 0. The van der Waals surface area contributed by atoms with Gasteiger partial charge in [-0.3, -0.25) is 4.79 Å². The van der Waals surface area contributed by atoms with Crippen LogP contribution in [0.25, 0.3) is 0 Å². The summed E-state index contributed by atoms with van der Waals surface area (Å²) in [6, 6.07) is 0. The molecule has 0 radical (unpaired) electrons. The van der Waals surface area contributed by atoms with E-state index in [1.807, 2.05) is 0 Å². The molecule has 1 unspecified atom stereocenters. The smallest absolute Gasteiger partial charge is 0.307 e. The van der Waals surface area contributed by atoms with E-state index < -0.39 is 41.2 Å². The fraction of sp³-hybridized carbons (Fsp3) is 0.762. The summed E-state index contributed by atoms with van der Waals surface area (Å²) in [6.07, 6.45) is 7.13. The van der Waals surface area contributed by atoms with Gasteiger partial charge in [0, 0.05) is 12.0 Å². The third kappa shape index (κ3) is 6.93. The van der Waals surface area contributed by atoms with Crippen molar-refractivity contribution in [3.8, 4) is 0 Å². The van der Waals surface area contributed by atoms with Crippen LogP contribution in [0.2, 0.25) is 0 Å². The molecule has 7 nitrogen and oxygen atoms in total. The molecule has 0 saturated heterocycles. The zero-order valence-corrected chi connectivity index (χ0v) is 16.8. The van der Waals surface area contributed by atoms with Crippen LogP contribution in [-0.4, -0.2) is 37.7 Å². The fourth-order valence-electron chi connectivity index (χ4n) is 3.86. The second-order valence-corrected chi connectivity index (χ2v) is 7.43. The van der Waals surface area contributed by atoms with Crippen LogP contribution in [0.5, 0.6) is 0 Å². The van der Waals surface area contributed by atoms with E-state index in [0.29, 0.717) is 19.4 Å². The molecular formula is C21H32O7-2. The molecule has 28 heavy (non-hydrogen) atoms. The summed E-state index contributed by atoms with van der Waals surface area (Å²) in [5, 5.41) is 23.4. The first-order valence-electron chi connectivity index (χ1n) is 10.2. The van der Waals surface area contributed by atoms with Gasteiger partial charge >= 0.3 is 5.97 Å². The minimum atomic E-state index is -2.00. The van der Waals surface area contributed by atoms with Gasteiger partial charge in [0.15, 0.2) is 0 Å². The minimum absolute atomic E-state index is 0.0157. The minimum Gasteiger partial charge on any atom is -0.549 e. The number of esters is 1. The molecule has 0 N–H and O–H groups in total. The van der Waals surface area contributed by atoms with Crippen molar-refractivity contribution < 1.29 is 34.1 Å². The van der Waals surface area contributed by atoms with Gasteiger partial charge in [-0.05, 0) is 30.8 Å². The second-order valence-electron chi connectivity index (χ2n) is 7.43. The molecule has 1 fully saturated rings. The van der Waals surface area contributed by atoms with Crippen LogP contribution < -0.4 is 10.2 Å². The van der Waals surface area contributed by atoms with Gasteiger partial charge in [0.25, 0.3) is 0 Å². The summed E-state index contributed by atoms with van der Waals surface area (Å²) < 4.78 is 10.5. The molecule has 0 aromatic heterocycles. The molecule has 0 amide bonds. The molecule has 0 heterocycles. The largest absolute Gasteiger partial charge is 0.549 e. The molecule has 1 aliphatic carbocycles. The number of unbranched alkanes of at least 4 members (excludes halogenated alkanes) is 3. The molecule has 0 aliphatic heterocycles. The first-order valence-corrected chi connectivity index (χ1v) is 10.2. The maximum absolute atomic E-state index is 12.3. The number of rotatable bonds is 14. The number of aliphatic carboxylic acids is 2. The van der Waals surface area contributed by atoms with Crippen molar-refractivity contribution in [2.45, 2.75) is 71.1 Å². The number of carbonyl (C=O) groups is 3. The average Bonchev–Trinajstić information content (AvgIpc) is 2.68. The Morgan fingerprint density at radius 2 is 1.68 bits per heavy atom. The third-order valence-electron chi connectivity index (χ3n) is 5.51. The van der Waals surface area contributed by atoms with Gasteiger partial charge in [0.05, 0.1) is 25.0 Å². The summed E-state index contributed by atoms with van der Waals surface area (Å²) in [5.74, 6) is -4.64. The Labute approximate surface area is 167 Å². The van der Waals surface area contributed by atoms with Gasteiger partial charge in [-0.25, -0.2) is 0 Å². The van der Waals surface area contributed by atoms with Crippen molar-refractivity contribution in [2.75, 3.05) is 19.8 Å². The SMILES string of the molecule is C=C(C(=O)[O-])C(CC(=O)OCCOCCCCCC)(C(=O)[O-])C1CCCCC1. The second kappa shape index (κ2) is 12.5. The van der Waals surface area contributed by atoms with Crippen LogP contribution in [0.1, 0.15) is 71.1 Å². The highest BCUT2D eigenvalue weighted by molar-refractivity contribution is 5.97.